The van der Waals surface area contributed by atoms with Crippen molar-refractivity contribution >= 4 is 11.5 Å². The van der Waals surface area contributed by atoms with E-state index in [9.17, 15) is 4.39 Å². The molecule has 0 bridgehead atoms. The van der Waals surface area contributed by atoms with Crippen molar-refractivity contribution in [1.29, 1.82) is 0 Å². The molecule has 1 aromatic carbocycles. The first-order valence-corrected chi connectivity index (χ1v) is 6.92. The molecule has 0 saturated carbocycles. The number of anilines is 2. The van der Waals surface area contributed by atoms with E-state index in [1.807, 2.05) is 18.2 Å². The topological polar surface area (TPSA) is 28.2 Å². The molecule has 0 radical (unpaired) electrons. The standard InChI is InChI=1S/C16H20FN3/c1-3-20(4-2)16-10-9-14(12-19-16)18-11-13-7-5-6-8-15(13)17/h5-10,12,18H,3-4,11H2,1-2H3. The number of rotatable bonds is 6. The van der Waals surface area contributed by atoms with E-state index in [1.165, 1.54) is 6.07 Å². The Morgan fingerprint density at radius 3 is 2.45 bits per heavy atom. The Kier molecular flexibility index (Phi) is 4.93. The molecule has 2 aromatic rings. The van der Waals surface area contributed by atoms with Crippen molar-refractivity contribution in [3.05, 3.63) is 54.0 Å². The van der Waals surface area contributed by atoms with E-state index in [1.54, 1.807) is 18.3 Å². The second-order valence-corrected chi connectivity index (χ2v) is 4.52. The van der Waals surface area contributed by atoms with Gasteiger partial charge in [-0.1, -0.05) is 18.2 Å². The fourth-order valence-electron chi connectivity index (χ4n) is 2.06. The van der Waals surface area contributed by atoms with Crippen molar-refractivity contribution in [2.75, 3.05) is 23.3 Å². The van der Waals surface area contributed by atoms with Gasteiger partial charge in [0.05, 0.1) is 11.9 Å². The van der Waals surface area contributed by atoms with E-state index in [0.29, 0.717) is 12.1 Å². The quantitative estimate of drug-likeness (QED) is 0.870. The third-order valence-electron chi connectivity index (χ3n) is 3.28. The number of aromatic nitrogens is 1. The first-order chi connectivity index (χ1) is 9.74. The van der Waals surface area contributed by atoms with Crippen molar-refractivity contribution in [2.45, 2.75) is 20.4 Å². The van der Waals surface area contributed by atoms with Crippen LogP contribution in [0.2, 0.25) is 0 Å². The molecule has 1 N–H and O–H groups in total. The molecular weight excluding hydrogens is 253 g/mol. The van der Waals surface area contributed by atoms with Crippen molar-refractivity contribution in [3.8, 4) is 0 Å². The zero-order valence-corrected chi connectivity index (χ0v) is 11.9. The highest BCUT2D eigenvalue weighted by molar-refractivity contribution is 5.48. The summed E-state index contributed by atoms with van der Waals surface area (Å²) in [5.41, 5.74) is 1.55. The van der Waals surface area contributed by atoms with Crippen LogP contribution in [0, 0.1) is 5.82 Å². The predicted molar refractivity (Wildman–Crippen MR) is 81.5 cm³/mol. The summed E-state index contributed by atoms with van der Waals surface area (Å²) in [4.78, 5) is 6.61. The Balaban J connectivity index is 1.99. The van der Waals surface area contributed by atoms with Crippen molar-refractivity contribution in [2.24, 2.45) is 0 Å². The lowest BCUT2D eigenvalue weighted by atomic mass is 10.2. The maximum atomic E-state index is 13.5. The summed E-state index contributed by atoms with van der Waals surface area (Å²) in [6.45, 7) is 6.54. The molecule has 0 aliphatic heterocycles. The second kappa shape index (κ2) is 6.89. The molecule has 3 nitrogen and oxygen atoms in total. The van der Waals surface area contributed by atoms with E-state index in [4.69, 9.17) is 0 Å². The largest absolute Gasteiger partial charge is 0.380 e. The van der Waals surface area contributed by atoms with Crippen molar-refractivity contribution in [1.82, 2.24) is 4.98 Å². The molecule has 20 heavy (non-hydrogen) atoms. The van der Waals surface area contributed by atoms with Crippen LogP contribution < -0.4 is 10.2 Å². The van der Waals surface area contributed by atoms with Gasteiger partial charge in [0.25, 0.3) is 0 Å². The van der Waals surface area contributed by atoms with E-state index in [0.717, 1.165) is 24.6 Å². The molecule has 1 aromatic heterocycles. The summed E-state index contributed by atoms with van der Waals surface area (Å²) in [5, 5.41) is 3.18. The number of halogens is 1. The average Bonchev–Trinajstić information content (AvgIpc) is 2.49. The van der Waals surface area contributed by atoms with Gasteiger partial charge in [0.15, 0.2) is 0 Å². The fraction of sp³-hybridized carbons (Fsp3) is 0.312. The molecule has 106 valence electrons. The van der Waals surface area contributed by atoms with Gasteiger partial charge in [-0.3, -0.25) is 0 Å². The first-order valence-electron chi connectivity index (χ1n) is 6.92. The Bertz CT molecular complexity index is 536. The number of hydrogen-bond donors (Lipinski definition) is 1. The molecule has 0 aliphatic rings. The van der Waals surface area contributed by atoms with E-state index in [2.05, 4.69) is 29.0 Å². The minimum atomic E-state index is -0.187. The summed E-state index contributed by atoms with van der Waals surface area (Å²) >= 11 is 0. The number of pyridine rings is 1. The molecule has 4 heteroatoms. The lowest BCUT2D eigenvalue weighted by Crippen LogP contribution is -2.22. The van der Waals surface area contributed by atoms with Gasteiger partial charge < -0.3 is 10.2 Å². The summed E-state index contributed by atoms with van der Waals surface area (Å²) in [6, 6.07) is 10.7. The smallest absolute Gasteiger partial charge is 0.128 e. The van der Waals surface area contributed by atoms with Crippen molar-refractivity contribution in [3.63, 3.8) is 0 Å². The van der Waals surface area contributed by atoms with Gasteiger partial charge in [-0.15, -0.1) is 0 Å². The lowest BCUT2D eigenvalue weighted by Gasteiger charge is -2.19. The van der Waals surface area contributed by atoms with Gasteiger partial charge in [-0.05, 0) is 32.0 Å². The summed E-state index contributed by atoms with van der Waals surface area (Å²) < 4.78 is 13.5. The van der Waals surface area contributed by atoms with Crippen LogP contribution >= 0.6 is 0 Å². The molecule has 0 amide bonds. The normalized spacial score (nSPS) is 10.3. The number of nitrogens with one attached hydrogen (secondary N) is 1. The van der Waals surface area contributed by atoms with Crippen LogP contribution in [0.5, 0.6) is 0 Å². The number of benzene rings is 1. The highest BCUT2D eigenvalue weighted by atomic mass is 19.1. The minimum absolute atomic E-state index is 0.187. The number of hydrogen-bond acceptors (Lipinski definition) is 3. The highest BCUT2D eigenvalue weighted by Crippen LogP contribution is 2.15. The summed E-state index contributed by atoms with van der Waals surface area (Å²) in [7, 11) is 0. The Morgan fingerprint density at radius 1 is 1.10 bits per heavy atom. The van der Waals surface area contributed by atoms with Crippen LogP contribution in [0.4, 0.5) is 15.9 Å². The van der Waals surface area contributed by atoms with Gasteiger partial charge in [0.2, 0.25) is 0 Å². The van der Waals surface area contributed by atoms with Crippen LogP contribution in [0.3, 0.4) is 0 Å². The summed E-state index contributed by atoms with van der Waals surface area (Å²) in [6.07, 6.45) is 1.79. The van der Waals surface area contributed by atoms with Gasteiger partial charge in [0.1, 0.15) is 11.6 Å². The van der Waals surface area contributed by atoms with E-state index in [-0.39, 0.29) is 5.82 Å². The van der Waals surface area contributed by atoms with E-state index >= 15 is 0 Å². The third-order valence-corrected chi connectivity index (χ3v) is 3.28. The van der Waals surface area contributed by atoms with Crippen LogP contribution in [0.25, 0.3) is 0 Å². The average molecular weight is 273 g/mol. The van der Waals surface area contributed by atoms with Crippen molar-refractivity contribution < 1.29 is 4.39 Å². The number of nitrogens with zero attached hydrogens (tertiary/aromatic N) is 2. The lowest BCUT2D eigenvalue weighted by molar-refractivity contribution is 0.613. The monoisotopic (exact) mass is 273 g/mol. The van der Waals surface area contributed by atoms with Gasteiger partial charge in [-0.25, -0.2) is 9.37 Å². The molecule has 1 heterocycles. The van der Waals surface area contributed by atoms with Gasteiger partial charge in [0, 0.05) is 25.2 Å². The van der Waals surface area contributed by atoms with Gasteiger partial charge in [-0.2, -0.15) is 0 Å². The van der Waals surface area contributed by atoms with Gasteiger partial charge >= 0.3 is 0 Å². The molecule has 0 saturated heterocycles. The maximum Gasteiger partial charge on any atom is 0.128 e. The third kappa shape index (κ3) is 3.47. The van der Waals surface area contributed by atoms with Crippen LogP contribution in [-0.2, 0) is 6.54 Å². The Morgan fingerprint density at radius 2 is 1.85 bits per heavy atom. The minimum Gasteiger partial charge on any atom is -0.380 e. The Hall–Kier alpha value is -2.10. The second-order valence-electron chi connectivity index (χ2n) is 4.52. The molecule has 2 rings (SSSR count). The zero-order chi connectivity index (χ0) is 14.4. The molecule has 0 fully saturated rings. The predicted octanol–water partition coefficient (Wildman–Crippen LogP) is 3.68. The molecule has 0 aliphatic carbocycles. The molecular formula is C16H20FN3. The first kappa shape index (κ1) is 14.3. The molecule has 0 atom stereocenters. The SMILES string of the molecule is CCN(CC)c1ccc(NCc2ccccc2F)cn1. The Labute approximate surface area is 119 Å². The van der Waals surface area contributed by atoms with E-state index < -0.39 is 0 Å². The van der Waals surface area contributed by atoms with Crippen LogP contribution in [-0.4, -0.2) is 18.1 Å². The fourth-order valence-corrected chi connectivity index (χ4v) is 2.06. The van der Waals surface area contributed by atoms with Crippen LogP contribution in [0.15, 0.2) is 42.6 Å². The maximum absolute atomic E-state index is 13.5. The van der Waals surface area contributed by atoms with Crippen LogP contribution in [0.1, 0.15) is 19.4 Å². The zero-order valence-electron chi connectivity index (χ0n) is 11.9. The molecule has 0 unspecified atom stereocenters. The molecule has 0 spiro atoms. The summed E-state index contributed by atoms with van der Waals surface area (Å²) in [5.74, 6) is 0.777. The highest BCUT2D eigenvalue weighted by Gasteiger charge is 2.04.